The van der Waals surface area contributed by atoms with Crippen molar-refractivity contribution in [2.24, 2.45) is 11.1 Å². The molecule has 2 heterocycles. The summed E-state index contributed by atoms with van der Waals surface area (Å²) in [5.74, 6) is -1.54. The van der Waals surface area contributed by atoms with Gasteiger partial charge in [0.25, 0.3) is 0 Å². The number of nitrogens with two attached hydrogens (primary N) is 1. The van der Waals surface area contributed by atoms with Crippen LogP contribution in [0, 0.1) is 22.6 Å². The van der Waals surface area contributed by atoms with Gasteiger partial charge in [0.2, 0.25) is 5.91 Å². The summed E-state index contributed by atoms with van der Waals surface area (Å²) < 4.78 is 15.7. The van der Waals surface area contributed by atoms with E-state index in [9.17, 15) is 14.9 Å². The van der Waals surface area contributed by atoms with Crippen molar-refractivity contribution in [1.29, 1.82) is 5.26 Å². The molecule has 9 heteroatoms. The van der Waals surface area contributed by atoms with Crippen LogP contribution in [0.4, 0.5) is 15.8 Å². The minimum atomic E-state index is -1.76. The van der Waals surface area contributed by atoms with E-state index >= 15 is 4.39 Å². The number of anilines is 2. The highest BCUT2D eigenvalue weighted by atomic mass is 79.9. The Morgan fingerprint density at radius 3 is 2.62 bits per heavy atom. The first kappa shape index (κ1) is 22.6. The smallest absolute Gasteiger partial charge is 0.245 e. The lowest BCUT2D eigenvalue weighted by Gasteiger charge is -2.46. The van der Waals surface area contributed by atoms with E-state index < -0.39 is 22.6 Å². The average molecular weight is 542 g/mol. The zero-order chi connectivity index (χ0) is 24.6. The summed E-state index contributed by atoms with van der Waals surface area (Å²) in [6.07, 6.45) is 0.500. The topological polar surface area (TPSA) is 99.2 Å². The molecule has 172 valence electrons. The number of nitrogens with zero attached hydrogens (tertiary/aromatic N) is 2. The fraction of sp³-hybridized carbons (Fsp3) is 0.240. The second-order valence-corrected chi connectivity index (χ2v) is 10.8. The third-order valence-corrected chi connectivity index (χ3v) is 7.33. The molecule has 0 fully saturated rings. The van der Waals surface area contributed by atoms with E-state index in [1.807, 2.05) is 13.8 Å². The number of fused-ring (bicyclic) bond motifs is 3. The summed E-state index contributed by atoms with van der Waals surface area (Å²) in [5.41, 5.74) is 5.67. The Kier molecular flexibility index (Phi) is 4.94. The third kappa shape index (κ3) is 2.97. The molecule has 0 radical (unpaired) electrons. The molecule has 0 saturated heterocycles. The molecule has 6 nitrogen and oxygen atoms in total. The van der Waals surface area contributed by atoms with E-state index in [-0.39, 0.29) is 34.9 Å². The van der Waals surface area contributed by atoms with Crippen molar-refractivity contribution in [3.8, 4) is 6.07 Å². The maximum absolute atomic E-state index is 15.2. The van der Waals surface area contributed by atoms with Gasteiger partial charge in [-0.15, -0.1) is 0 Å². The van der Waals surface area contributed by atoms with E-state index in [2.05, 4.69) is 27.3 Å². The van der Waals surface area contributed by atoms with Gasteiger partial charge in [-0.25, -0.2) is 4.39 Å². The van der Waals surface area contributed by atoms with Crippen molar-refractivity contribution in [2.75, 3.05) is 10.2 Å². The predicted molar refractivity (Wildman–Crippen MR) is 130 cm³/mol. The number of allylic oxidation sites excluding steroid dienone is 1. The van der Waals surface area contributed by atoms with Gasteiger partial charge in [-0.1, -0.05) is 41.4 Å². The molecule has 34 heavy (non-hydrogen) atoms. The van der Waals surface area contributed by atoms with Crippen molar-refractivity contribution in [2.45, 2.75) is 32.1 Å². The molecular formula is C25H19BrClFN4O2. The van der Waals surface area contributed by atoms with E-state index in [0.717, 1.165) is 0 Å². The quantitative estimate of drug-likeness (QED) is 0.511. The van der Waals surface area contributed by atoms with Gasteiger partial charge < -0.3 is 11.1 Å². The molecule has 1 amide bonds. The molecule has 1 unspecified atom stereocenters. The third-order valence-electron chi connectivity index (χ3n) is 6.61. The summed E-state index contributed by atoms with van der Waals surface area (Å²) in [4.78, 5) is 28.8. The first-order valence-electron chi connectivity index (χ1n) is 10.5. The Morgan fingerprint density at radius 1 is 1.21 bits per heavy atom. The molecule has 2 aliphatic heterocycles. The zero-order valence-electron chi connectivity index (χ0n) is 18.3. The number of halogens is 3. The van der Waals surface area contributed by atoms with Gasteiger partial charge in [-0.2, -0.15) is 5.26 Å². The van der Waals surface area contributed by atoms with Crippen LogP contribution in [0.15, 0.2) is 63.5 Å². The molecule has 2 aromatic rings. The number of carbonyl (C=O) groups excluding carboxylic acids is 2. The molecular weight excluding hydrogens is 523 g/mol. The van der Waals surface area contributed by atoms with Gasteiger partial charge in [0.05, 0.1) is 11.3 Å². The second-order valence-electron chi connectivity index (χ2n) is 9.46. The van der Waals surface area contributed by atoms with Crippen LogP contribution in [0.1, 0.15) is 32.3 Å². The van der Waals surface area contributed by atoms with Crippen molar-refractivity contribution >= 4 is 50.6 Å². The van der Waals surface area contributed by atoms with Gasteiger partial charge >= 0.3 is 0 Å². The Hall–Kier alpha value is -3.15. The van der Waals surface area contributed by atoms with Crippen LogP contribution in [0.5, 0.6) is 0 Å². The van der Waals surface area contributed by atoms with Crippen LogP contribution in [-0.2, 0) is 15.0 Å². The molecule has 3 N–H and O–H groups in total. The average Bonchev–Trinajstić information content (AvgIpc) is 3.00. The van der Waals surface area contributed by atoms with Crippen LogP contribution in [0.3, 0.4) is 0 Å². The number of carbonyl (C=O) groups is 2. The van der Waals surface area contributed by atoms with Gasteiger partial charge in [0.15, 0.2) is 5.78 Å². The maximum Gasteiger partial charge on any atom is 0.245 e. The molecule has 0 aromatic heterocycles. The number of ketones is 1. The van der Waals surface area contributed by atoms with Crippen LogP contribution >= 0.6 is 27.5 Å². The standard InChI is InChI=1S/C25H19BrClFN4O2/c1-24(2)9-19-21(20(33)10-24)25(14-8-13(27)4-5-17(14)31-23(25)34)15(11-29)22(30)32(19)18-6-3-12(26)7-16(18)28/h3-8H,9-10,30H2,1-2H3,(H,31,34). The largest absolute Gasteiger partial charge is 0.384 e. The molecule has 2 aromatic carbocycles. The minimum Gasteiger partial charge on any atom is -0.384 e. The molecule has 0 bridgehead atoms. The summed E-state index contributed by atoms with van der Waals surface area (Å²) in [5, 5.41) is 13.4. The summed E-state index contributed by atoms with van der Waals surface area (Å²) in [7, 11) is 0. The monoisotopic (exact) mass is 540 g/mol. The predicted octanol–water partition coefficient (Wildman–Crippen LogP) is 5.29. The van der Waals surface area contributed by atoms with E-state index in [1.165, 1.54) is 17.0 Å². The Labute approximate surface area is 209 Å². The zero-order valence-corrected chi connectivity index (χ0v) is 20.6. The van der Waals surface area contributed by atoms with Gasteiger partial charge in [0.1, 0.15) is 23.1 Å². The molecule has 1 aliphatic carbocycles. The second kappa shape index (κ2) is 7.42. The maximum atomic E-state index is 15.2. The number of nitriles is 1. The first-order valence-corrected chi connectivity index (χ1v) is 11.7. The number of hydrogen-bond acceptors (Lipinski definition) is 5. The van der Waals surface area contributed by atoms with Crippen molar-refractivity contribution in [1.82, 2.24) is 0 Å². The van der Waals surface area contributed by atoms with Gasteiger partial charge in [-0.05, 0) is 48.2 Å². The lowest BCUT2D eigenvalue weighted by atomic mass is 9.61. The number of rotatable bonds is 1. The highest BCUT2D eigenvalue weighted by Crippen LogP contribution is 2.57. The summed E-state index contributed by atoms with van der Waals surface area (Å²) in [6, 6.07) is 11.4. The van der Waals surface area contributed by atoms with Gasteiger partial charge in [0, 0.05) is 38.4 Å². The van der Waals surface area contributed by atoms with Crippen LogP contribution in [0.25, 0.3) is 0 Å². The lowest BCUT2D eigenvalue weighted by Crippen LogP contribution is -2.52. The highest BCUT2D eigenvalue weighted by molar-refractivity contribution is 9.10. The lowest BCUT2D eigenvalue weighted by molar-refractivity contribution is -0.123. The number of amides is 1. The van der Waals surface area contributed by atoms with Crippen LogP contribution in [-0.4, -0.2) is 11.7 Å². The number of benzene rings is 2. The van der Waals surface area contributed by atoms with Crippen molar-refractivity contribution < 1.29 is 14.0 Å². The van der Waals surface area contributed by atoms with E-state index in [0.29, 0.717) is 32.9 Å². The van der Waals surface area contributed by atoms with E-state index in [4.69, 9.17) is 17.3 Å². The minimum absolute atomic E-state index is 0.0889. The molecule has 3 aliphatic rings. The van der Waals surface area contributed by atoms with Crippen LogP contribution < -0.4 is 16.0 Å². The fourth-order valence-electron chi connectivity index (χ4n) is 5.33. The van der Waals surface area contributed by atoms with Gasteiger partial charge in [-0.3, -0.25) is 14.5 Å². The number of nitrogens with one attached hydrogen (secondary N) is 1. The Morgan fingerprint density at radius 2 is 1.94 bits per heavy atom. The van der Waals surface area contributed by atoms with Crippen molar-refractivity contribution in [3.05, 3.63) is 79.9 Å². The Balaban J connectivity index is 1.92. The fourth-order valence-corrected chi connectivity index (χ4v) is 5.83. The molecule has 0 saturated carbocycles. The Bertz CT molecular complexity index is 1420. The summed E-state index contributed by atoms with van der Waals surface area (Å²) in [6.45, 7) is 3.85. The SMILES string of the molecule is CC1(C)CC(=O)C2=C(C1)N(c1ccc(Br)cc1F)C(N)=C(C#N)C21C(=O)Nc2ccc(Cl)cc21. The number of hydrogen-bond donors (Lipinski definition) is 2. The first-order chi connectivity index (χ1) is 16.0. The van der Waals surface area contributed by atoms with Crippen LogP contribution in [0.2, 0.25) is 5.02 Å². The summed E-state index contributed by atoms with van der Waals surface area (Å²) >= 11 is 9.54. The molecule has 1 spiro atoms. The molecule has 5 rings (SSSR count). The molecule has 1 atom stereocenters. The normalized spacial score (nSPS) is 23.1. The van der Waals surface area contributed by atoms with Crippen molar-refractivity contribution in [3.63, 3.8) is 0 Å². The highest BCUT2D eigenvalue weighted by Gasteiger charge is 2.61. The van der Waals surface area contributed by atoms with E-state index in [1.54, 1.807) is 24.3 Å². The number of Topliss-reactive ketones (excluding diaryl/α,β-unsaturated/α-hetero) is 1.